The Balaban J connectivity index is 1.45. The summed E-state index contributed by atoms with van der Waals surface area (Å²) in [6.45, 7) is 3.91. The van der Waals surface area contributed by atoms with Crippen molar-refractivity contribution in [3.8, 4) is 5.75 Å². The fourth-order valence-corrected chi connectivity index (χ4v) is 4.56. The van der Waals surface area contributed by atoms with Crippen LogP contribution in [0.3, 0.4) is 0 Å². The number of carbonyl (C=O) groups is 1. The summed E-state index contributed by atoms with van der Waals surface area (Å²) in [5.41, 5.74) is 1.75. The molecule has 30 heavy (non-hydrogen) atoms. The first-order valence-corrected chi connectivity index (χ1v) is 11.4. The van der Waals surface area contributed by atoms with Crippen LogP contribution in [0.25, 0.3) is 0 Å². The van der Waals surface area contributed by atoms with Gasteiger partial charge in [-0.1, -0.05) is 24.3 Å². The number of hydrogen-bond acceptors (Lipinski definition) is 6. The number of sulfonamides is 1. The van der Waals surface area contributed by atoms with Gasteiger partial charge in [-0.25, -0.2) is 8.42 Å². The molecule has 0 aliphatic carbocycles. The summed E-state index contributed by atoms with van der Waals surface area (Å²) in [6, 6.07) is 14.2. The van der Waals surface area contributed by atoms with E-state index in [1.807, 2.05) is 31.2 Å². The lowest BCUT2D eigenvalue weighted by Crippen LogP contribution is -2.40. The van der Waals surface area contributed by atoms with Gasteiger partial charge in [-0.15, -0.1) is 0 Å². The van der Waals surface area contributed by atoms with Crippen molar-refractivity contribution >= 4 is 16.0 Å². The average molecular weight is 434 g/mol. The Morgan fingerprint density at radius 1 is 1.10 bits per heavy atom. The minimum atomic E-state index is -3.57. The standard InChI is InChI=1S/C22H27NO6S/c1-18-5-2-7-20(15-18)28-12-4-9-22(24)29-17-19-6-3-8-21(16-19)30(25,26)23-10-13-27-14-11-23/h2-3,5-8,15-16H,4,9-14,17H2,1H3. The first-order chi connectivity index (χ1) is 14.4. The predicted molar refractivity (Wildman–Crippen MR) is 112 cm³/mol. The summed E-state index contributed by atoms with van der Waals surface area (Å²) in [7, 11) is -3.57. The lowest BCUT2D eigenvalue weighted by atomic mass is 10.2. The third-order valence-electron chi connectivity index (χ3n) is 4.69. The Morgan fingerprint density at radius 3 is 2.63 bits per heavy atom. The van der Waals surface area contributed by atoms with E-state index in [-0.39, 0.29) is 23.9 Å². The molecule has 0 unspecified atom stereocenters. The van der Waals surface area contributed by atoms with E-state index in [9.17, 15) is 13.2 Å². The molecule has 1 saturated heterocycles. The van der Waals surface area contributed by atoms with Gasteiger partial charge in [-0.2, -0.15) is 4.31 Å². The topological polar surface area (TPSA) is 82.1 Å². The molecule has 0 bridgehead atoms. The quantitative estimate of drug-likeness (QED) is 0.447. The van der Waals surface area contributed by atoms with Crippen molar-refractivity contribution in [1.82, 2.24) is 4.31 Å². The van der Waals surface area contributed by atoms with Gasteiger partial charge < -0.3 is 14.2 Å². The van der Waals surface area contributed by atoms with Crippen molar-refractivity contribution in [3.05, 3.63) is 59.7 Å². The van der Waals surface area contributed by atoms with E-state index >= 15 is 0 Å². The first-order valence-electron chi connectivity index (χ1n) is 9.97. The summed E-state index contributed by atoms with van der Waals surface area (Å²) in [5.74, 6) is 0.436. The van der Waals surface area contributed by atoms with Gasteiger partial charge in [0, 0.05) is 19.5 Å². The van der Waals surface area contributed by atoms with Crippen molar-refractivity contribution in [2.24, 2.45) is 0 Å². The monoisotopic (exact) mass is 433 g/mol. The van der Waals surface area contributed by atoms with Crippen LogP contribution in [-0.2, 0) is 30.9 Å². The molecular weight excluding hydrogens is 406 g/mol. The molecule has 7 nitrogen and oxygen atoms in total. The van der Waals surface area contributed by atoms with Gasteiger partial charge in [0.2, 0.25) is 10.0 Å². The Morgan fingerprint density at radius 2 is 1.87 bits per heavy atom. The van der Waals surface area contributed by atoms with E-state index in [2.05, 4.69) is 0 Å². The highest BCUT2D eigenvalue weighted by atomic mass is 32.2. The number of esters is 1. The van der Waals surface area contributed by atoms with Crippen LogP contribution in [0.15, 0.2) is 53.4 Å². The van der Waals surface area contributed by atoms with Gasteiger partial charge in [0.1, 0.15) is 12.4 Å². The molecule has 1 aliphatic rings. The van der Waals surface area contributed by atoms with Crippen molar-refractivity contribution in [2.75, 3.05) is 32.9 Å². The van der Waals surface area contributed by atoms with E-state index in [0.29, 0.717) is 44.9 Å². The summed E-state index contributed by atoms with van der Waals surface area (Å²) >= 11 is 0. The van der Waals surface area contributed by atoms with Gasteiger partial charge in [0.15, 0.2) is 0 Å². The van der Waals surface area contributed by atoms with E-state index in [1.165, 1.54) is 4.31 Å². The third-order valence-corrected chi connectivity index (χ3v) is 6.58. The summed E-state index contributed by atoms with van der Waals surface area (Å²) in [4.78, 5) is 12.2. The van der Waals surface area contributed by atoms with Gasteiger partial charge in [0.25, 0.3) is 0 Å². The fourth-order valence-electron chi connectivity index (χ4n) is 3.08. The minimum absolute atomic E-state index is 0.0318. The molecule has 8 heteroatoms. The van der Waals surface area contributed by atoms with Crippen molar-refractivity contribution in [1.29, 1.82) is 0 Å². The number of ether oxygens (including phenoxy) is 3. The van der Waals surface area contributed by atoms with Crippen LogP contribution in [0.1, 0.15) is 24.0 Å². The highest BCUT2D eigenvalue weighted by Gasteiger charge is 2.26. The molecule has 0 saturated carbocycles. The maximum Gasteiger partial charge on any atom is 0.306 e. The highest BCUT2D eigenvalue weighted by Crippen LogP contribution is 2.19. The molecule has 0 spiro atoms. The Hall–Kier alpha value is -2.42. The predicted octanol–water partition coefficient (Wildman–Crippen LogP) is 2.92. The number of carbonyl (C=O) groups excluding carboxylic acids is 1. The largest absolute Gasteiger partial charge is 0.494 e. The number of morpholine rings is 1. The second-order valence-electron chi connectivity index (χ2n) is 7.09. The molecule has 0 atom stereocenters. The van der Waals surface area contributed by atoms with Gasteiger partial charge in [0.05, 0.1) is 24.7 Å². The molecule has 0 radical (unpaired) electrons. The minimum Gasteiger partial charge on any atom is -0.494 e. The van der Waals surface area contributed by atoms with Gasteiger partial charge >= 0.3 is 5.97 Å². The number of rotatable bonds is 9. The molecule has 1 heterocycles. The lowest BCUT2D eigenvalue weighted by Gasteiger charge is -2.26. The maximum atomic E-state index is 12.7. The van der Waals surface area contributed by atoms with Crippen molar-refractivity contribution in [3.63, 3.8) is 0 Å². The zero-order valence-corrected chi connectivity index (χ0v) is 17.9. The zero-order valence-electron chi connectivity index (χ0n) is 17.1. The number of nitrogens with zero attached hydrogens (tertiary/aromatic N) is 1. The van der Waals surface area contributed by atoms with E-state index in [1.54, 1.807) is 24.3 Å². The van der Waals surface area contributed by atoms with E-state index in [4.69, 9.17) is 14.2 Å². The second-order valence-corrected chi connectivity index (χ2v) is 9.03. The Bertz CT molecular complexity index is 954. The summed E-state index contributed by atoms with van der Waals surface area (Å²) in [6.07, 6.45) is 0.774. The number of aryl methyl sites for hydroxylation is 1. The maximum absolute atomic E-state index is 12.7. The highest BCUT2D eigenvalue weighted by molar-refractivity contribution is 7.89. The molecule has 0 aromatic heterocycles. The molecule has 0 amide bonds. The van der Waals surface area contributed by atoms with Crippen LogP contribution < -0.4 is 4.74 Å². The van der Waals surface area contributed by atoms with Crippen LogP contribution in [0.5, 0.6) is 5.75 Å². The van der Waals surface area contributed by atoms with Gasteiger partial charge in [-0.3, -0.25) is 4.79 Å². The molecule has 3 rings (SSSR count). The molecular formula is C22H27NO6S. The third kappa shape index (κ3) is 6.29. The number of hydrogen-bond donors (Lipinski definition) is 0. The second kappa shape index (κ2) is 10.6. The zero-order chi connectivity index (χ0) is 21.4. The van der Waals surface area contributed by atoms with Crippen LogP contribution in [0.2, 0.25) is 0 Å². The summed E-state index contributed by atoms with van der Waals surface area (Å²) < 4.78 is 43.0. The van der Waals surface area contributed by atoms with Crippen molar-refractivity contribution in [2.45, 2.75) is 31.3 Å². The fraction of sp³-hybridized carbons (Fsp3) is 0.409. The SMILES string of the molecule is Cc1cccc(OCCCC(=O)OCc2cccc(S(=O)(=O)N3CCOCC3)c2)c1. The Labute approximate surface area is 177 Å². The normalized spacial score (nSPS) is 15.0. The van der Waals surface area contributed by atoms with Crippen LogP contribution >= 0.6 is 0 Å². The Kier molecular flexibility index (Phi) is 7.84. The molecule has 2 aromatic rings. The lowest BCUT2D eigenvalue weighted by molar-refractivity contribution is -0.145. The molecule has 1 aliphatic heterocycles. The molecule has 2 aromatic carbocycles. The van der Waals surface area contributed by atoms with E-state index < -0.39 is 10.0 Å². The first kappa shape index (κ1) is 22.3. The molecule has 1 fully saturated rings. The van der Waals surface area contributed by atoms with Crippen molar-refractivity contribution < 1.29 is 27.4 Å². The molecule has 0 N–H and O–H groups in total. The van der Waals surface area contributed by atoms with Crippen LogP contribution in [0, 0.1) is 6.92 Å². The smallest absolute Gasteiger partial charge is 0.306 e. The van der Waals surface area contributed by atoms with Crippen LogP contribution in [0.4, 0.5) is 0 Å². The van der Waals surface area contributed by atoms with Gasteiger partial charge in [-0.05, 0) is 48.7 Å². The summed E-state index contributed by atoms with van der Waals surface area (Å²) in [5, 5.41) is 0. The van der Waals surface area contributed by atoms with Crippen LogP contribution in [-0.4, -0.2) is 51.6 Å². The van der Waals surface area contributed by atoms with E-state index in [0.717, 1.165) is 11.3 Å². The number of benzene rings is 2. The molecule has 162 valence electrons. The average Bonchev–Trinajstić information content (AvgIpc) is 2.76.